The minimum atomic E-state index is 0.0971. The second-order valence-electron chi connectivity index (χ2n) is 5.75. The van der Waals surface area contributed by atoms with E-state index in [1.54, 1.807) is 6.20 Å². The third-order valence-electron chi connectivity index (χ3n) is 4.21. The normalized spacial score (nSPS) is 22.9. The summed E-state index contributed by atoms with van der Waals surface area (Å²) in [4.78, 5) is 4.02. The van der Waals surface area contributed by atoms with Crippen LogP contribution in [0.5, 0.6) is 5.88 Å². The molecule has 20 heavy (non-hydrogen) atoms. The van der Waals surface area contributed by atoms with Gasteiger partial charge in [-0.15, -0.1) is 0 Å². The van der Waals surface area contributed by atoms with Crippen molar-refractivity contribution < 1.29 is 5.11 Å². The molecule has 0 saturated heterocycles. The molecule has 4 heteroatoms. The number of benzene rings is 1. The molecule has 1 aliphatic carbocycles. The van der Waals surface area contributed by atoms with Crippen molar-refractivity contribution in [1.82, 2.24) is 4.98 Å². The number of nitrogens with two attached hydrogens (primary N) is 1. The number of anilines is 1. The summed E-state index contributed by atoms with van der Waals surface area (Å²) >= 11 is 0. The van der Waals surface area contributed by atoms with E-state index in [0.717, 1.165) is 47.7 Å². The number of nitrogens with zero attached hydrogens (tertiary/aromatic N) is 1. The van der Waals surface area contributed by atoms with Crippen molar-refractivity contribution in [2.75, 3.05) is 5.32 Å². The Bertz CT molecular complexity index is 618. The van der Waals surface area contributed by atoms with Gasteiger partial charge in [0.2, 0.25) is 5.88 Å². The fraction of sp³-hybridized carbons (Fsp3) is 0.438. The molecule has 4 N–H and O–H groups in total. The first-order chi connectivity index (χ1) is 9.65. The van der Waals surface area contributed by atoms with Gasteiger partial charge in [0.25, 0.3) is 0 Å². The van der Waals surface area contributed by atoms with Gasteiger partial charge in [-0.05, 0) is 50.3 Å². The van der Waals surface area contributed by atoms with Gasteiger partial charge in [-0.1, -0.05) is 6.07 Å². The third-order valence-corrected chi connectivity index (χ3v) is 4.21. The monoisotopic (exact) mass is 271 g/mol. The zero-order valence-electron chi connectivity index (χ0n) is 11.8. The first-order valence-corrected chi connectivity index (χ1v) is 7.24. The van der Waals surface area contributed by atoms with Crippen molar-refractivity contribution in [3.63, 3.8) is 0 Å². The Labute approximate surface area is 119 Å². The molecule has 1 saturated carbocycles. The van der Waals surface area contributed by atoms with Gasteiger partial charge >= 0.3 is 0 Å². The summed E-state index contributed by atoms with van der Waals surface area (Å²) in [5.74, 6) is 0.0971. The van der Waals surface area contributed by atoms with Crippen LogP contribution >= 0.6 is 0 Å². The molecule has 3 rings (SSSR count). The summed E-state index contributed by atoms with van der Waals surface area (Å²) in [6.45, 7) is 2.02. The fourth-order valence-electron chi connectivity index (χ4n) is 3.06. The Balaban J connectivity index is 1.94. The summed E-state index contributed by atoms with van der Waals surface area (Å²) in [7, 11) is 0. The first-order valence-electron chi connectivity index (χ1n) is 7.24. The van der Waals surface area contributed by atoms with Crippen LogP contribution in [0.4, 0.5) is 5.69 Å². The second kappa shape index (κ2) is 5.29. The lowest BCUT2D eigenvalue weighted by atomic mass is 9.91. The quantitative estimate of drug-likeness (QED) is 0.785. The van der Waals surface area contributed by atoms with Crippen molar-refractivity contribution >= 4 is 16.5 Å². The number of aromatic hydroxyl groups is 1. The number of fused-ring (bicyclic) bond motifs is 1. The Hall–Kier alpha value is -1.81. The Morgan fingerprint density at radius 1 is 1.25 bits per heavy atom. The summed E-state index contributed by atoms with van der Waals surface area (Å²) in [6, 6.07) is 6.77. The van der Waals surface area contributed by atoms with E-state index in [-0.39, 0.29) is 5.88 Å². The number of hydrogen-bond acceptors (Lipinski definition) is 4. The molecule has 1 aromatic heterocycles. The van der Waals surface area contributed by atoms with E-state index >= 15 is 0 Å². The maximum atomic E-state index is 9.91. The Morgan fingerprint density at radius 3 is 2.75 bits per heavy atom. The Morgan fingerprint density at radius 2 is 2.00 bits per heavy atom. The highest BCUT2D eigenvalue weighted by Crippen LogP contribution is 2.32. The zero-order chi connectivity index (χ0) is 14.1. The van der Waals surface area contributed by atoms with Crippen LogP contribution in [0.15, 0.2) is 24.4 Å². The lowest BCUT2D eigenvalue weighted by Gasteiger charge is -2.28. The molecule has 4 nitrogen and oxygen atoms in total. The third kappa shape index (κ3) is 2.43. The SMILES string of the molecule is Cc1cnc(O)c2cccc(N[C@H]3CC[C@H](N)CC3)c12. The van der Waals surface area contributed by atoms with Crippen LogP contribution in [0.3, 0.4) is 0 Å². The fourth-order valence-corrected chi connectivity index (χ4v) is 3.06. The highest BCUT2D eigenvalue weighted by atomic mass is 16.3. The van der Waals surface area contributed by atoms with Gasteiger partial charge < -0.3 is 16.2 Å². The van der Waals surface area contributed by atoms with Gasteiger partial charge in [0.15, 0.2) is 0 Å². The zero-order valence-corrected chi connectivity index (χ0v) is 11.8. The van der Waals surface area contributed by atoms with Gasteiger partial charge in [0.05, 0.1) is 0 Å². The van der Waals surface area contributed by atoms with E-state index in [9.17, 15) is 5.11 Å². The van der Waals surface area contributed by atoms with E-state index in [0.29, 0.717) is 12.1 Å². The topological polar surface area (TPSA) is 71.2 Å². The summed E-state index contributed by atoms with van der Waals surface area (Å²) < 4.78 is 0. The molecule has 2 aromatic rings. The number of aromatic nitrogens is 1. The molecule has 0 amide bonds. The maximum absolute atomic E-state index is 9.91. The summed E-state index contributed by atoms with van der Waals surface area (Å²) in [5.41, 5.74) is 8.11. The Kier molecular flexibility index (Phi) is 3.49. The molecule has 0 bridgehead atoms. The van der Waals surface area contributed by atoms with Crippen LogP contribution in [-0.2, 0) is 0 Å². The predicted molar refractivity (Wildman–Crippen MR) is 82.0 cm³/mol. The first kappa shape index (κ1) is 13.2. The van der Waals surface area contributed by atoms with Gasteiger partial charge in [0, 0.05) is 34.7 Å². The number of pyridine rings is 1. The molecule has 1 aliphatic rings. The van der Waals surface area contributed by atoms with Crippen LogP contribution < -0.4 is 11.1 Å². The molecule has 1 heterocycles. The molecule has 0 spiro atoms. The van der Waals surface area contributed by atoms with E-state index < -0.39 is 0 Å². The number of aryl methyl sites for hydroxylation is 1. The van der Waals surface area contributed by atoms with E-state index in [1.165, 1.54) is 0 Å². The van der Waals surface area contributed by atoms with Gasteiger partial charge in [-0.3, -0.25) is 0 Å². The maximum Gasteiger partial charge on any atom is 0.218 e. The van der Waals surface area contributed by atoms with E-state index in [2.05, 4.69) is 16.4 Å². The highest BCUT2D eigenvalue weighted by Gasteiger charge is 2.19. The summed E-state index contributed by atoms with van der Waals surface area (Å²) in [5, 5.41) is 15.4. The standard InChI is InChI=1S/C16H21N3O/c1-10-9-18-16(20)13-3-2-4-14(15(10)13)19-12-7-5-11(17)6-8-12/h2-4,9,11-12,19H,5-8,17H2,1H3,(H,18,20)/t11-,12-. The number of rotatable bonds is 2. The van der Waals surface area contributed by atoms with E-state index in [4.69, 9.17) is 5.73 Å². The van der Waals surface area contributed by atoms with Gasteiger partial charge in [-0.25, -0.2) is 4.98 Å². The number of hydrogen-bond donors (Lipinski definition) is 3. The van der Waals surface area contributed by atoms with Gasteiger partial charge in [-0.2, -0.15) is 0 Å². The molecular formula is C16H21N3O. The van der Waals surface area contributed by atoms with Crippen molar-refractivity contribution in [2.45, 2.75) is 44.7 Å². The minimum absolute atomic E-state index is 0.0971. The molecular weight excluding hydrogens is 250 g/mol. The molecule has 0 atom stereocenters. The smallest absolute Gasteiger partial charge is 0.218 e. The van der Waals surface area contributed by atoms with Crippen molar-refractivity contribution in [3.05, 3.63) is 30.0 Å². The summed E-state index contributed by atoms with van der Waals surface area (Å²) in [6.07, 6.45) is 6.09. The second-order valence-corrected chi connectivity index (χ2v) is 5.75. The van der Waals surface area contributed by atoms with Crippen LogP contribution in [-0.4, -0.2) is 22.2 Å². The van der Waals surface area contributed by atoms with Crippen molar-refractivity contribution in [2.24, 2.45) is 5.73 Å². The molecule has 1 fully saturated rings. The largest absolute Gasteiger partial charge is 0.493 e. The molecule has 0 aliphatic heterocycles. The lowest BCUT2D eigenvalue weighted by Crippen LogP contribution is -2.32. The highest BCUT2D eigenvalue weighted by molar-refractivity contribution is 5.98. The van der Waals surface area contributed by atoms with Crippen LogP contribution in [0.25, 0.3) is 10.8 Å². The van der Waals surface area contributed by atoms with Crippen molar-refractivity contribution in [3.8, 4) is 5.88 Å². The van der Waals surface area contributed by atoms with E-state index in [1.807, 2.05) is 19.1 Å². The minimum Gasteiger partial charge on any atom is -0.493 e. The van der Waals surface area contributed by atoms with Crippen LogP contribution in [0.1, 0.15) is 31.2 Å². The molecule has 0 unspecified atom stereocenters. The average Bonchev–Trinajstić information content (AvgIpc) is 2.46. The van der Waals surface area contributed by atoms with Crippen LogP contribution in [0.2, 0.25) is 0 Å². The van der Waals surface area contributed by atoms with Crippen molar-refractivity contribution in [1.29, 1.82) is 0 Å². The lowest BCUT2D eigenvalue weighted by molar-refractivity contribution is 0.411. The average molecular weight is 271 g/mol. The van der Waals surface area contributed by atoms with Gasteiger partial charge in [0.1, 0.15) is 0 Å². The molecule has 1 aromatic carbocycles. The predicted octanol–water partition coefficient (Wildman–Crippen LogP) is 2.93. The van der Waals surface area contributed by atoms with Crippen LogP contribution in [0, 0.1) is 6.92 Å². The molecule has 106 valence electrons. The number of nitrogens with one attached hydrogen (secondary N) is 1. The molecule has 0 radical (unpaired) electrons.